The Kier molecular flexibility index (Phi) is 5.03. The molecule has 1 amide bonds. The molecule has 0 saturated heterocycles. The fraction of sp³-hybridized carbons (Fsp3) is 0.174. The van der Waals surface area contributed by atoms with Crippen LogP contribution in [0, 0.1) is 6.92 Å². The van der Waals surface area contributed by atoms with Crippen LogP contribution in [0.1, 0.15) is 18.1 Å². The first kappa shape index (κ1) is 19.1. The second-order valence-electron chi connectivity index (χ2n) is 7.23. The summed E-state index contributed by atoms with van der Waals surface area (Å²) < 4.78 is 0. The standard InChI is InChI=1S/C23H22N4OS/c1-15-5-9-18(10-6-15)21-14-29-23(24-21)27-22(28)20(16(2)25-27)13-17-7-11-19(12-8-17)26(3)4/h5-14H,1-4H3/b20-13+. The largest absolute Gasteiger partial charge is 0.378 e. The minimum Gasteiger partial charge on any atom is -0.378 e. The zero-order valence-electron chi connectivity index (χ0n) is 16.9. The predicted octanol–water partition coefficient (Wildman–Crippen LogP) is 4.99. The first-order chi connectivity index (χ1) is 13.9. The molecule has 29 heavy (non-hydrogen) atoms. The summed E-state index contributed by atoms with van der Waals surface area (Å²) in [6.07, 6.45) is 1.88. The van der Waals surface area contributed by atoms with Crippen LogP contribution in [0.2, 0.25) is 0 Å². The van der Waals surface area contributed by atoms with Gasteiger partial charge >= 0.3 is 0 Å². The third-order valence-corrected chi connectivity index (χ3v) is 5.62. The van der Waals surface area contributed by atoms with E-state index in [0.29, 0.717) is 16.4 Å². The fourth-order valence-corrected chi connectivity index (χ4v) is 3.85. The summed E-state index contributed by atoms with van der Waals surface area (Å²) in [5, 5.41) is 8.39. The van der Waals surface area contributed by atoms with Crippen molar-refractivity contribution in [3.63, 3.8) is 0 Å². The number of anilines is 2. The molecule has 1 aliphatic rings. The van der Waals surface area contributed by atoms with Crippen LogP contribution in [0.3, 0.4) is 0 Å². The van der Waals surface area contributed by atoms with Gasteiger partial charge in [0, 0.05) is 30.7 Å². The van der Waals surface area contributed by atoms with Crippen molar-refractivity contribution < 1.29 is 4.79 Å². The van der Waals surface area contributed by atoms with E-state index in [9.17, 15) is 4.79 Å². The van der Waals surface area contributed by atoms with Crippen molar-refractivity contribution in [2.24, 2.45) is 5.10 Å². The van der Waals surface area contributed by atoms with E-state index in [1.54, 1.807) is 0 Å². The number of hydrogen-bond acceptors (Lipinski definition) is 5. The Morgan fingerprint density at radius 3 is 2.34 bits per heavy atom. The molecule has 146 valence electrons. The Labute approximate surface area is 174 Å². The van der Waals surface area contributed by atoms with Crippen molar-refractivity contribution in [3.05, 3.63) is 70.6 Å². The first-order valence-electron chi connectivity index (χ1n) is 9.34. The highest BCUT2D eigenvalue weighted by Crippen LogP contribution is 2.31. The topological polar surface area (TPSA) is 48.8 Å². The number of hydrazone groups is 1. The van der Waals surface area contributed by atoms with E-state index in [4.69, 9.17) is 0 Å². The van der Waals surface area contributed by atoms with Crippen LogP contribution in [0.15, 0.2) is 64.6 Å². The summed E-state index contributed by atoms with van der Waals surface area (Å²) in [5.41, 5.74) is 6.45. The maximum atomic E-state index is 13.0. The zero-order valence-corrected chi connectivity index (χ0v) is 17.7. The number of carbonyl (C=O) groups is 1. The Morgan fingerprint density at radius 1 is 1.00 bits per heavy atom. The van der Waals surface area contributed by atoms with Gasteiger partial charge in [-0.3, -0.25) is 4.79 Å². The molecule has 2 heterocycles. The summed E-state index contributed by atoms with van der Waals surface area (Å²) >= 11 is 1.42. The number of carbonyl (C=O) groups excluding carboxylic acids is 1. The van der Waals surface area contributed by atoms with Gasteiger partial charge in [-0.15, -0.1) is 11.3 Å². The minimum absolute atomic E-state index is 0.149. The number of aryl methyl sites for hydroxylation is 1. The van der Waals surface area contributed by atoms with Gasteiger partial charge in [-0.25, -0.2) is 4.98 Å². The molecule has 1 aliphatic heterocycles. The molecular weight excluding hydrogens is 380 g/mol. The van der Waals surface area contributed by atoms with Gasteiger partial charge in [0.1, 0.15) is 0 Å². The highest BCUT2D eigenvalue weighted by molar-refractivity contribution is 7.14. The lowest BCUT2D eigenvalue weighted by molar-refractivity contribution is -0.114. The van der Waals surface area contributed by atoms with Crippen molar-refractivity contribution in [1.82, 2.24) is 4.98 Å². The van der Waals surface area contributed by atoms with E-state index >= 15 is 0 Å². The summed E-state index contributed by atoms with van der Waals surface area (Å²) in [5.74, 6) is -0.149. The predicted molar refractivity (Wildman–Crippen MR) is 122 cm³/mol. The third-order valence-electron chi connectivity index (χ3n) is 4.80. The maximum absolute atomic E-state index is 13.0. The summed E-state index contributed by atoms with van der Waals surface area (Å²) in [6.45, 7) is 3.91. The molecular formula is C23H22N4OS. The molecule has 5 nitrogen and oxygen atoms in total. The number of benzene rings is 2. The van der Waals surface area contributed by atoms with Gasteiger partial charge in [-0.2, -0.15) is 10.1 Å². The van der Waals surface area contributed by atoms with Crippen molar-refractivity contribution in [2.45, 2.75) is 13.8 Å². The summed E-state index contributed by atoms with van der Waals surface area (Å²) in [6, 6.07) is 16.3. The molecule has 0 fully saturated rings. The van der Waals surface area contributed by atoms with E-state index < -0.39 is 0 Å². The Balaban J connectivity index is 1.58. The maximum Gasteiger partial charge on any atom is 0.282 e. The smallest absolute Gasteiger partial charge is 0.282 e. The van der Waals surface area contributed by atoms with Crippen LogP contribution in [0.4, 0.5) is 10.8 Å². The Morgan fingerprint density at radius 2 is 1.69 bits per heavy atom. The van der Waals surface area contributed by atoms with Gasteiger partial charge in [0.15, 0.2) is 0 Å². The number of aromatic nitrogens is 1. The molecule has 2 aromatic carbocycles. The normalized spacial score (nSPS) is 15.2. The molecule has 6 heteroatoms. The molecule has 0 radical (unpaired) electrons. The molecule has 3 aromatic rings. The first-order valence-corrected chi connectivity index (χ1v) is 10.2. The molecule has 0 bridgehead atoms. The van der Waals surface area contributed by atoms with Gasteiger partial charge in [-0.05, 0) is 37.6 Å². The number of amides is 1. The molecule has 0 N–H and O–H groups in total. The van der Waals surface area contributed by atoms with E-state index in [-0.39, 0.29) is 5.91 Å². The Hall–Kier alpha value is -3.25. The number of nitrogens with zero attached hydrogens (tertiary/aromatic N) is 4. The lowest BCUT2D eigenvalue weighted by Gasteiger charge is -2.12. The lowest BCUT2D eigenvalue weighted by atomic mass is 10.1. The zero-order chi connectivity index (χ0) is 20.5. The van der Waals surface area contributed by atoms with Gasteiger partial charge in [0.25, 0.3) is 5.91 Å². The average Bonchev–Trinajstić information content (AvgIpc) is 3.29. The van der Waals surface area contributed by atoms with Crippen LogP contribution in [0.25, 0.3) is 17.3 Å². The van der Waals surface area contributed by atoms with Crippen LogP contribution in [-0.2, 0) is 4.79 Å². The van der Waals surface area contributed by atoms with E-state index in [2.05, 4.69) is 29.1 Å². The van der Waals surface area contributed by atoms with Crippen LogP contribution >= 0.6 is 11.3 Å². The highest BCUT2D eigenvalue weighted by atomic mass is 32.1. The summed E-state index contributed by atoms with van der Waals surface area (Å²) in [4.78, 5) is 19.7. The van der Waals surface area contributed by atoms with Gasteiger partial charge in [0.2, 0.25) is 5.13 Å². The molecule has 0 unspecified atom stereocenters. The third kappa shape index (κ3) is 3.84. The summed E-state index contributed by atoms with van der Waals surface area (Å²) in [7, 11) is 4.00. The lowest BCUT2D eigenvalue weighted by Crippen LogP contribution is -2.21. The van der Waals surface area contributed by atoms with Crippen LogP contribution < -0.4 is 9.91 Å². The molecule has 0 spiro atoms. The molecule has 0 aliphatic carbocycles. The second-order valence-corrected chi connectivity index (χ2v) is 8.06. The molecule has 0 saturated carbocycles. The van der Waals surface area contributed by atoms with Gasteiger partial charge < -0.3 is 4.90 Å². The van der Waals surface area contributed by atoms with Gasteiger partial charge in [0.05, 0.1) is 17.0 Å². The van der Waals surface area contributed by atoms with Crippen molar-refractivity contribution in [2.75, 3.05) is 24.0 Å². The average molecular weight is 403 g/mol. The Bertz CT molecular complexity index is 1110. The fourth-order valence-electron chi connectivity index (χ4n) is 3.07. The molecule has 0 atom stereocenters. The highest BCUT2D eigenvalue weighted by Gasteiger charge is 2.30. The number of hydrogen-bond donors (Lipinski definition) is 0. The minimum atomic E-state index is -0.149. The van der Waals surface area contributed by atoms with E-state index in [1.807, 2.05) is 73.8 Å². The van der Waals surface area contributed by atoms with Crippen LogP contribution in [0.5, 0.6) is 0 Å². The monoisotopic (exact) mass is 402 g/mol. The SMILES string of the molecule is CC1=NN(c2nc(-c3ccc(C)cc3)cs2)C(=O)/C1=C/c1ccc(N(C)C)cc1. The number of thiazole rings is 1. The van der Waals surface area contributed by atoms with Crippen molar-refractivity contribution >= 4 is 39.9 Å². The number of rotatable bonds is 4. The van der Waals surface area contributed by atoms with Crippen molar-refractivity contribution in [3.8, 4) is 11.3 Å². The van der Waals surface area contributed by atoms with Gasteiger partial charge in [-0.1, -0.05) is 42.0 Å². The van der Waals surface area contributed by atoms with E-state index in [0.717, 1.165) is 22.5 Å². The van der Waals surface area contributed by atoms with E-state index in [1.165, 1.54) is 21.9 Å². The quantitative estimate of drug-likeness (QED) is 0.578. The van der Waals surface area contributed by atoms with Crippen LogP contribution in [-0.4, -0.2) is 30.7 Å². The second kappa shape index (κ2) is 7.64. The van der Waals surface area contributed by atoms with Crippen molar-refractivity contribution in [1.29, 1.82) is 0 Å². The molecule has 1 aromatic heterocycles. The molecule has 4 rings (SSSR count).